The van der Waals surface area contributed by atoms with Crippen LogP contribution in [0.25, 0.3) is 0 Å². The molecule has 3 aromatic rings. The fraction of sp³-hybridized carbons (Fsp3) is 0.214. The Morgan fingerprint density at radius 2 is 1.73 bits per heavy atom. The third-order valence-electron chi connectivity index (χ3n) is 4.85. The van der Waals surface area contributed by atoms with E-state index in [1.807, 2.05) is 32.0 Å². The van der Waals surface area contributed by atoms with Gasteiger partial charge in [-0.1, -0.05) is 48.0 Å². The van der Waals surface area contributed by atoms with E-state index >= 15 is 0 Å². The summed E-state index contributed by atoms with van der Waals surface area (Å²) in [4.78, 5) is 12.6. The van der Waals surface area contributed by atoms with E-state index < -0.39 is 5.91 Å². The van der Waals surface area contributed by atoms with Gasteiger partial charge in [0.25, 0.3) is 5.91 Å². The maximum absolute atomic E-state index is 12.6. The number of carbonyl (C=O) groups excluding carboxylic acids is 1. The van der Waals surface area contributed by atoms with Crippen molar-refractivity contribution in [2.75, 3.05) is 19.8 Å². The van der Waals surface area contributed by atoms with Gasteiger partial charge >= 0.3 is 0 Å². The molecule has 0 saturated heterocycles. The zero-order valence-electron chi connectivity index (χ0n) is 20.6. The predicted octanol–water partition coefficient (Wildman–Crippen LogP) is 6.70. The van der Waals surface area contributed by atoms with Crippen LogP contribution in [-0.2, 0) is 6.61 Å². The Labute approximate surface area is 226 Å². The third-order valence-corrected chi connectivity index (χ3v) is 5.36. The van der Waals surface area contributed by atoms with Crippen molar-refractivity contribution in [2.45, 2.75) is 20.5 Å². The summed E-state index contributed by atoms with van der Waals surface area (Å²) < 4.78 is 22.8. The van der Waals surface area contributed by atoms with Crippen molar-refractivity contribution >= 4 is 35.3 Å². The Morgan fingerprint density at radius 3 is 2.46 bits per heavy atom. The van der Waals surface area contributed by atoms with E-state index in [-0.39, 0.29) is 6.61 Å². The molecule has 0 atom stereocenters. The first kappa shape index (κ1) is 27.9. The number of carbonyl (C=O) groups is 1. The Balaban J connectivity index is 1.71. The number of ether oxygens (including phenoxy) is 4. The van der Waals surface area contributed by atoms with Crippen molar-refractivity contribution < 1.29 is 23.7 Å². The first-order valence-corrected chi connectivity index (χ1v) is 12.4. The van der Waals surface area contributed by atoms with Gasteiger partial charge in [-0.25, -0.2) is 5.43 Å². The minimum Gasteiger partial charge on any atom is -0.490 e. The van der Waals surface area contributed by atoms with Crippen LogP contribution in [0.15, 0.2) is 72.4 Å². The van der Waals surface area contributed by atoms with Gasteiger partial charge in [0.15, 0.2) is 23.0 Å². The summed E-state index contributed by atoms with van der Waals surface area (Å²) in [6, 6.07) is 15.7. The minimum absolute atomic E-state index is 0.269. The zero-order chi connectivity index (χ0) is 26.6. The molecule has 0 heterocycles. The summed E-state index contributed by atoms with van der Waals surface area (Å²) in [6.07, 6.45) is 3.10. The SMILES string of the molecule is C=CCOc1ccc(C(=O)N/N=C/c2cc(Cl)c(OCc3cccc(Cl)c3)c(OCC)c2)cc1OCC. The molecule has 9 heteroatoms. The summed E-state index contributed by atoms with van der Waals surface area (Å²) >= 11 is 12.5. The highest BCUT2D eigenvalue weighted by Crippen LogP contribution is 2.37. The molecule has 0 aliphatic carbocycles. The van der Waals surface area contributed by atoms with Crippen molar-refractivity contribution in [3.63, 3.8) is 0 Å². The molecular formula is C28H28Cl2N2O5. The van der Waals surface area contributed by atoms with Gasteiger partial charge in [-0.15, -0.1) is 0 Å². The highest BCUT2D eigenvalue weighted by atomic mass is 35.5. The van der Waals surface area contributed by atoms with Crippen LogP contribution in [0.3, 0.4) is 0 Å². The van der Waals surface area contributed by atoms with Gasteiger partial charge in [-0.05, 0) is 67.4 Å². The largest absolute Gasteiger partial charge is 0.490 e. The predicted molar refractivity (Wildman–Crippen MR) is 147 cm³/mol. The summed E-state index contributed by atoms with van der Waals surface area (Å²) in [5.41, 5.74) is 4.39. The zero-order valence-corrected chi connectivity index (χ0v) is 22.1. The molecule has 0 bridgehead atoms. The Bertz CT molecular complexity index is 1260. The van der Waals surface area contributed by atoms with E-state index in [0.29, 0.717) is 64.0 Å². The molecule has 1 N–H and O–H groups in total. The van der Waals surface area contributed by atoms with Gasteiger partial charge in [0.1, 0.15) is 13.2 Å². The molecule has 0 spiro atoms. The third kappa shape index (κ3) is 8.17. The van der Waals surface area contributed by atoms with Gasteiger partial charge in [-0.2, -0.15) is 5.10 Å². The highest BCUT2D eigenvalue weighted by Gasteiger charge is 2.14. The van der Waals surface area contributed by atoms with Crippen LogP contribution < -0.4 is 24.4 Å². The lowest BCUT2D eigenvalue weighted by Crippen LogP contribution is -2.17. The second-order valence-corrected chi connectivity index (χ2v) is 8.42. The normalized spacial score (nSPS) is 10.7. The van der Waals surface area contributed by atoms with E-state index in [0.717, 1.165) is 5.56 Å². The van der Waals surface area contributed by atoms with Crippen molar-refractivity contribution in [1.29, 1.82) is 0 Å². The molecular weight excluding hydrogens is 515 g/mol. The van der Waals surface area contributed by atoms with Crippen LogP contribution in [0.5, 0.6) is 23.0 Å². The number of hydrogen-bond acceptors (Lipinski definition) is 6. The van der Waals surface area contributed by atoms with Gasteiger partial charge in [0.05, 0.1) is 24.5 Å². The second kappa shape index (κ2) is 14.2. The molecule has 0 unspecified atom stereocenters. The first-order valence-electron chi connectivity index (χ1n) is 11.6. The number of hydrazone groups is 1. The number of hydrogen-bond donors (Lipinski definition) is 1. The summed E-state index contributed by atoms with van der Waals surface area (Å²) in [5, 5.41) is 5.03. The smallest absolute Gasteiger partial charge is 0.271 e. The maximum Gasteiger partial charge on any atom is 0.271 e. The van der Waals surface area contributed by atoms with Gasteiger partial charge in [0, 0.05) is 10.6 Å². The fourth-order valence-corrected chi connectivity index (χ4v) is 3.75. The van der Waals surface area contributed by atoms with Crippen LogP contribution in [0.1, 0.15) is 35.3 Å². The van der Waals surface area contributed by atoms with E-state index in [2.05, 4.69) is 17.1 Å². The summed E-state index contributed by atoms with van der Waals surface area (Å²) in [7, 11) is 0. The highest BCUT2D eigenvalue weighted by molar-refractivity contribution is 6.32. The Kier molecular flexibility index (Phi) is 10.7. The second-order valence-electron chi connectivity index (χ2n) is 7.57. The molecule has 0 aliphatic heterocycles. The van der Waals surface area contributed by atoms with E-state index in [4.69, 9.17) is 42.1 Å². The molecule has 3 aromatic carbocycles. The number of nitrogens with zero attached hydrogens (tertiary/aromatic N) is 1. The monoisotopic (exact) mass is 542 g/mol. The molecule has 194 valence electrons. The minimum atomic E-state index is -0.412. The van der Waals surface area contributed by atoms with Crippen molar-refractivity contribution in [3.05, 3.63) is 94.0 Å². The van der Waals surface area contributed by atoms with Crippen LogP contribution in [0.2, 0.25) is 10.0 Å². The molecule has 0 saturated carbocycles. The number of nitrogens with one attached hydrogen (secondary N) is 1. The van der Waals surface area contributed by atoms with Crippen molar-refractivity contribution in [1.82, 2.24) is 5.43 Å². The van der Waals surface area contributed by atoms with E-state index in [1.165, 1.54) is 6.21 Å². The lowest BCUT2D eigenvalue weighted by molar-refractivity contribution is 0.0954. The van der Waals surface area contributed by atoms with Crippen LogP contribution >= 0.6 is 23.2 Å². The van der Waals surface area contributed by atoms with E-state index in [9.17, 15) is 4.79 Å². The lowest BCUT2D eigenvalue weighted by atomic mass is 10.2. The first-order chi connectivity index (χ1) is 17.9. The molecule has 1 amide bonds. The summed E-state index contributed by atoms with van der Waals surface area (Å²) in [5.74, 6) is 1.44. The Morgan fingerprint density at radius 1 is 0.946 bits per heavy atom. The number of rotatable bonds is 13. The molecule has 0 fully saturated rings. The molecule has 0 radical (unpaired) electrons. The van der Waals surface area contributed by atoms with Gasteiger partial charge < -0.3 is 18.9 Å². The fourth-order valence-electron chi connectivity index (χ4n) is 3.26. The van der Waals surface area contributed by atoms with Crippen LogP contribution in [-0.4, -0.2) is 31.9 Å². The summed E-state index contributed by atoms with van der Waals surface area (Å²) in [6.45, 7) is 8.78. The quantitative estimate of drug-likeness (QED) is 0.148. The van der Waals surface area contributed by atoms with Gasteiger partial charge in [0.2, 0.25) is 0 Å². The lowest BCUT2D eigenvalue weighted by Gasteiger charge is -2.14. The molecule has 37 heavy (non-hydrogen) atoms. The number of benzene rings is 3. The molecule has 0 aromatic heterocycles. The average Bonchev–Trinajstić information content (AvgIpc) is 2.88. The molecule has 0 aliphatic rings. The standard InChI is InChI=1S/C28H28Cl2N2O5/c1-4-12-36-24-11-10-21(16-25(24)34-5-2)28(33)32-31-17-20-14-23(30)27(26(15-20)35-6-3)37-18-19-8-7-9-22(29)13-19/h4,7-11,13-17H,1,5-6,12,18H2,2-3H3,(H,32,33)/b31-17+. The Hall–Kier alpha value is -3.68. The van der Waals surface area contributed by atoms with Crippen LogP contribution in [0.4, 0.5) is 0 Å². The molecule has 7 nitrogen and oxygen atoms in total. The average molecular weight is 543 g/mol. The molecule has 3 rings (SSSR count). The topological polar surface area (TPSA) is 78.4 Å². The van der Waals surface area contributed by atoms with Crippen molar-refractivity contribution in [2.24, 2.45) is 5.10 Å². The number of halogens is 2. The van der Waals surface area contributed by atoms with E-state index in [1.54, 1.807) is 42.5 Å². The maximum atomic E-state index is 12.6. The number of amides is 1. The van der Waals surface area contributed by atoms with Crippen molar-refractivity contribution in [3.8, 4) is 23.0 Å². The van der Waals surface area contributed by atoms with Crippen LogP contribution in [0, 0.1) is 0 Å². The van der Waals surface area contributed by atoms with Gasteiger partial charge in [-0.3, -0.25) is 4.79 Å².